The van der Waals surface area contributed by atoms with E-state index in [1.165, 1.54) is 0 Å². The summed E-state index contributed by atoms with van der Waals surface area (Å²) in [7, 11) is 1.74. The van der Waals surface area contributed by atoms with Crippen LogP contribution in [0.1, 0.15) is 19.8 Å². The molecule has 1 fully saturated rings. The highest BCUT2D eigenvalue weighted by Gasteiger charge is 2.29. The maximum Gasteiger partial charge on any atom is 0.257 e. The van der Waals surface area contributed by atoms with Crippen molar-refractivity contribution in [1.29, 1.82) is 0 Å². The van der Waals surface area contributed by atoms with E-state index in [0.29, 0.717) is 30.0 Å². The molecule has 8 nitrogen and oxygen atoms in total. The quantitative estimate of drug-likeness (QED) is 0.822. The molecule has 0 aromatic carbocycles. The first-order valence-corrected chi connectivity index (χ1v) is 7.07. The lowest BCUT2D eigenvalue weighted by Crippen LogP contribution is -2.40. The molecule has 1 aliphatic rings. The van der Waals surface area contributed by atoms with Crippen LogP contribution in [0.4, 0.5) is 11.9 Å². The lowest BCUT2D eigenvalue weighted by Gasteiger charge is -2.34. The van der Waals surface area contributed by atoms with Crippen molar-refractivity contribution >= 4 is 11.9 Å². The molecule has 3 rings (SSSR count). The Labute approximate surface area is 123 Å². The summed E-state index contributed by atoms with van der Waals surface area (Å²) >= 11 is 0. The van der Waals surface area contributed by atoms with E-state index in [2.05, 4.69) is 30.7 Å². The first-order chi connectivity index (χ1) is 10.3. The van der Waals surface area contributed by atoms with Crippen LogP contribution >= 0.6 is 0 Å². The lowest BCUT2D eigenvalue weighted by molar-refractivity contribution is 0.0327. The second kappa shape index (κ2) is 6.04. The second-order valence-corrected chi connectivity index (χ2v) is 4.93. The Hall–Kier alpha value is -2.22. The molecule has 0 unspecified atom stereocenters. The Balaban J connectivity index is 1.79. The third-order valence-corrected chi connectivity index (χ3v) is 3.43. The molecule has 2 aromatic heterocycles. The average molecular weight is 289 g/mol. The molecular weight excluding hydrogens is 270 g/mol. The number of hydrogen-bond acceptors (Lipinski definition) is 7. The third-order valence-electron chi connectivity index (χ3n) is 3.43. The van der Waals surface area contributed by atoms with Gasteiger partial charge in [-0.1, -0.05) is 0 Å². The summed E-state index contributed by atoms with van der Waals surface area (Å²) in [6, 6.07) is 2.18. The van der Waals surface area contributed by atoms with Crippen LogP contribution in [0.5, 0.6) is 0 Å². The van der Waals surface area contributed by atoms with Gasteiger partial charge in [-0.25, -0.2) is 4.68 Å². The Morgan fingerprint density at radius 1 is 1.29 bits per heavy atom. The number of ether oxygens (including phenoxy) is 1. The van der Waals surface area contributed by atoms with Gasteiger partial charge in [-0.05, 0) is 25.8 Å². The molecule has 0 atom stereocenters. The lowest BCUT2D eigenvalue weighted by atomic mass is 9.89. The smallest absolute Gasteiger partial charge is 0.257 e. The van der Waals surface area contributed by atoms with Crippen LogP contribution in [0, 0.1) is 0 Å². The molecule has 0 saturated heterocycles. The number of methoxy groups -OCH3 is 1. The van der Waals surface area contributed by atoms with E-state index in [-0.39, 0.29) is 0 Å². The zero-order valence-corrected chi connectivity index (χ0v) is 12.2. The van der Waals surface area contributed by atoms with Gasteiger partial charge < -0.3 is 15.4 Å². The van der Waals surface area contributed by atoms with Gasteiger partial charge in [0.1, 0.15) is 0 Å². The number of rotatable bonds is 6. The maximum absolute atomic E-state index is 5.28. The number of aromatic nitrogens is 5. The van der Waals surface area contributed by atoms with Crippen molar-refractivity contribution in [3.05, 3.63) is 18.5 Å². The number of anilines is 2. The number of nitrogens with zero attached hydrogens (tertiary/aromatic N) is 5. The SMILES string of the molecule is CCNc1nc(NC2CC(OC)C2)nc(-n2cccn2)n1. The van der Waals surface area contributed by atoms with Crippen molar-refractivity contribution < 1.29 is 4.74 Å². The van der Waals surface area contributed by atoms with Gasteiger partial charge in [0.2, 0.25) is 11.9 Å². The first kappa shape index (κ1) is 13.7. The van der Waals surface area contributed by atoms with Gasteiger partial charge in [0.25, 0.3) is 5.95 Å². The predicted octanol–water partition coefficient (Wildman–Crippen LogP) is 1.08. The summed E-state index contributed by atoms with van der Waals surface area (Å²) < 4.78 is 6.90. The fourth-order valence-corrected chi connectivity index (χ4v) is 2.21. The Morgan fingerprint density at radius 3 is 2.76 bits per heavy atom. The van der Waals surface area contributed by atoms with Crippen LogP contribution < -0.4 is 10.6 Å². The molecule has 2 heterocycles. The monoisotopic (exact) mass is 289 g/mol. The molecule has 0 amide bonds. The fraction of sp³-hybridized carbons (Fsp3) is 0.538. The van der Waals surface area contributed by atoms with E-state index in [4.69, 9.17) is 4.74 Å². The van der Waals surface area contributed by atoms with Crippen molar-refractivity contribution in [3.8, 4) is 5.95 Å². The van der Waals surface area contributed by atoms with Crippen LogP contribution in [-0.4, -0.2) is 50.5 Å². The van der Waals surface area contributed by atoms with Crippen LogP contribution in [-0.2, 0) is 4.74 Å². The molecule has 1 saturated carbocycles. The van der Waals surface area contributed by atoms with Gasteiger partial charge >= 0.3 is 0 Å². The van der Waals surface area contributed by atoms with Gasteiger partial charge in [-0.2, -0.15) is 20.1 Å². The molecule has 2 N–H and O–H groups in total. The summed E-state index contributed by atoms with van der Waals surface area (Å²) in [5.74, 6) is 1.60. The van der Waals surface area contributed by atoms with Crippen molar-refractivity contribution in [2.45, 2.75) is 31.9 Å². The standard InChI is InChI=1S/C13H19N7O/c1-3-14-11-17-12(16-9-7-10(8-9)21-2)19-13(18-11)20-6-4-5-15-20/h4-6,9-10H,3,7-8H2,1-2H3,(H2,14,16,17,18,19). The Bertz CT molecular complexity index is 580. The van der Waals surface area contributed by atoms with Gasteiger partial charge in [0.15, 0.2) is 0 Å². The summed E-state index contributed by atoms with van der Waals surface area (Å²) in [5.41, 5.74) is 0. The van der Waals surface area contributed by atoms with Crippen LogP contribution in [0.2, 0.25) is 0 Å². The van der Waals surface area contributed by atoms with Crippen LogP contribution in [0.15, 0.2) is 18.5 Å². The topological polar surface area (TPSA) is 89.8 Å². The van der Waals surface area contributed by atoms with E-state index in [1.54, 1.807) is 24.2 Å². The zero-order valence-electron chi connectivity index (χ0n) is 12.2. The predicted molar refractivity (Wildman–Crippen MR) is 78.6 cm³/mol. The molecule has 0 radical (unpaired) electrons. The summed E-state index contributed by atoms with van der Waals surface area (Å²) in [6.45, 7) is 2.75. The zero-order chi connectivity index (χ0) is 14.7. The highest BCUT2D eigenvalue weighted by molar-refractivity contribution is 5.38. The summed E-state index contributed by atoms with van der Waals surface area (Å²) in [6.07, 6.45) is 5.77. The molecule has 21 heavy (non-hydrogen) atoms. The molecule has 0 spiro atoms. The largest absolute Gasteiger partial charge is 0.381 e. The molecule has 112 valence electrons. The number of nitrogens with one attached hydrogen (secondary N) is 2. The summed E-state index contributed by atoms with van der Waals surface area (Å²) in [5, 5.41) is 10.6. The van der Waals surface area contributed by atoms with Crippen molar-refractivity contribution in [2.75, 3.05) is 24.3 Å². The minimum absolute atomic E-state index is 0.336. The average Bonchev–Trinajstić information content (AvgIpc) is 2.96. The fourth-order valence-electron chi connectivity index (χ4n) is 2.21. The minimum Gasteiger partial charge on any atom is -0.381 e. The second-order valence-electron chi connectivity index (χ2n) is 4.93. The van der Waals surface area contributed by atoms with Crippen LogP contribution in [0.3, 0.4) is 0 Å². The van der Waals surface area contributed by atoms with Gasteiger partial charge in [-0.15, -0.1) is 0 Å². The molecule has 1 aliphatic carbocycles. The Kier molecular flexibility index (Phi) is 3.96. The highest BCUT2D eigenvalue weighted by Crippen LogP contribution is 2.25. The van der Waals surface area contributed by atoms with E-state index in [9.17, 15) is 0 Å². The highest BCUT2D eigenvalue weighted by atomic mass is 16.5. The van der Waals surface area contributed by atoms with Gasteiger partial charge in [-0.3, -0.25) is 0 Å². The van der Waals surface area contributed by atoms with E-state index >= 15 is 0 Å². The maximum atomic E-state index is 5.28. The molecule has 8 heteroatoms. The number of hydrogen-bond donors (Lipinski definition) is 2. The Morgan fingerprint density at radius 2 is 2.10 bits per heavy atom. The molecule has 0 bridgehead atoms. The van der Waals surface area contributed by atoms with Gasteiger partial charge in [0, 0.05) is 32.1 Å². The molecule has 0 aliphatic heterocycles. The molecular formula is C13H19N7O. The van der Waals surface area contributed by atoms with Crippen LogP contribution in [0.25, 0.3) is 5.95 Å². The molecule has 2 aromatic rings. The third kappa shape index (κ3) is 3.10. The van der Waals surface area contributed by atoms with Crippen molar-refractivity contribution in [2.24, 2.45) is 0 Å². The van der Waals surface area contributed by atoms with Crippen molar-refractivity contribution in [3.63, 3.8) is 0 Å². The summed E-state index contributed by atoms with van der Waals surface area (Å²) in [4.78, 5) is 13.1. The van der Waals surface area contributed by atoms with E-state index in [1.807, 2.05) is 13.0 Å². The normalized spacial score (nSPS) is 20.9. The van der Waals surface area contributed by atoms with Gasteiger partial charge in [0.05, 0.1) is 6.10 Å². The van der Waals surface area contributed by atoms with E-state index in [0.717, 1.165) is 19.4 Å². The van der Waals surface area contributed by atoms with E-state index < -0.39 is 0 Å². The minimum atomic E-state index is 0.336. The van der Waals surface area contributed by atoms with Crippen molar-refractivity contribution in [1.82, 2.24) is 24.7 Å². The first-order valence-electron chi connectivity index (χ1n) is 7.07.